The van der Waals surface area contributed by atoms with Crippen LogP contribution in [0.1, 0.15) is 22.7 Å². The van der Waals surface area contributed by atoms with Crippen LogP contribution in [0.25, 0.3) is 82.4 Å². The first-order valence-corrected chi connectivity index (χ1v) is 16.5. The van der Waals surface area contributed by atoms with E-state index in [1.165, 1.54) is 52.8 Å². The highest BCUT2D eigenvalue weighted by Crippen LogP contribution is 2.42. The molecule has 4 nitrogen and oxygen atoms in total. The SMILES string of the molecule is C1=C(c2nc(-c3ccccc3)nc(-n3c4ccc5ccccc5c4c4c5ccccc5ccc43)n2)CCc2sc3ccccc3c21. The van der Waals surface area contributed by atoms with Gasteiger partial charge in [-0.3, -0.25) is 4.57 Å². The summed E-state index contributed by atoms with van der Waals surface area (Å²) < 4.78 is 3.58. The maximum absolute atomic E-state index is 5.30. The molecule has 1 aliphatic rings. The molecule has 0 bridgehead atoms. The van der Waals surface area contributed by atoms with Gasteiger partial charge < -0.3 is 0 Å². The molecule has 5 heteroatoms. The smallest absolute Gasteiger partial charge is 0.238 e. The van der Waals surface area contributed by atoms with E-state index in [0.29, 0.717) is 11.8 Å². The van der Waals surface area contributed by atoms with Crippen molar-refractivity contribution in [1.29, 1.82) is 0 Å². The Morgan fingerprint density at radius 3 is 1.85 bits per heavy atom. The van der Waals surface area contributed by atoms with Gasteiger partial charge in [-0.1, -0.05) is 109 Å². The molecule has 0 unspecified atom stereocenters. The van der Waals surface area contributed by atoms with Crippen molar-refractivity contribution in [3.63, 3.8) is 0 Å². The Morgan fingerprint density at radius 1 is 0.522 bits per heavy atom. The van der Waals surface area contributed by atoms with E-state index < -0.39 is 0 Å². The van der Waals surface area contributed by atoms with Gasteiger partial charge in [-0.15, -0.1) is 11.3 Å². The minimum Gasteiger partial charge on any atom is -0.278 e. The van der Waals surface area contributed by atoms with E-state index in [1.807, 2.05) is 29.5 Å². The minimum absolute atomic E-state index is 0.635. The molecule has 3 aromatic heterocycles. The standard InChI is InChI=1S/C41H26N4S/c1-2-12-27(13-3-1)39-42-40(28-20-23-36-32(24-28)31-16-8-9-17-35(31)46-36)44-41(43-39)45-33-21-18-25-10-4-6-14-29(25)37(33)38-30-15-7-5-11-26(30)19-22-34(38)45/h1-19,21-22,24H,20,23H2. The summed E-state index contributed by atoms with van der Waals surface area (Å²) >= 11 is 1.90. The Bertz CT molecular complexity index is 2610. The van der Waals surface area contributed by atoms with Crippen molar-refractivity contribution in [3.05, 3.63) is 144 Å². The van der Waals surface area contributed by atoms with Gasteiger partial charge >= 0.3 is 0 Å². The number of aromatic nitrogens is 4. The van der Waals surface area contributed by atoms with E-state index >= 15 is 0 Å². The third-order valence-corrected chi connectivity index (χ3v) is 10.6. The zero-order chi connectivity index (χ0) is 30.2. The molecule has 216 valence electrons. The molecule has 0 saturated carbocycles. The summed E-state index contributed by atoms with van der Waals surface area (Å²) in [6, 6.07) is 45.1. The van der Waals surface area contributed by atoms with E-state index in [2.05, 4.69) is 120 Å². The van der Waals surface area contributed by atoms with E-state index in [0.717, 1.165) is 40.8 Å². The number of thiophene rings is 1. The van der Waals surface area contributed by atoms with Gasteiger partial charge in [-0.05, 0) is 75.2 Å². The van der Waals surface area contributed by atoms with Crippen LogP contribution >= 0.6 is 11.3 Å². The Kier molecular flexibility index (Phi) is 5.54. The van der Waals surface area contributed by atoms with Crippen molar-refractivity contribution in [2.45, 2.75) is 12.8 Å². The molecule has 3 heterocycles. The maximum Gasteiger partial charge on any atom is 0.238 e. The number of fused-ring (bicyclic) bond motifs is 10. The first-order valence-electron chi connectivity index (χ1n) is 15.7. The van der Waals surface area contributed by atoms with Crippen molar-refractivity contribution in [1.82, 2.24) is 19.5 Å². The molecular formula is C41H26N4S. The number of nitrogens with zero attached hydrogens (tertiary/aromatic N) is 4. The van der Waals surface area contributed by atoms with Gasteiger partial charge in [-0.25, -0.2) is 4.98 Å². The van der Waals surface area contributed by atoms with Crippen LogP contribution in [0.15, 0.2) is 127 Å². The van der Waals surface area contributed by atoms with E-state index in [4.69, 9.17) is 15.0 Å². The Labute approximate surface area is 268 Å². The van der Waals surface area contributed by atoms with Crippen LogP contribution in [0.3, 0.4) is 0 Å². The summed E-state index contributed by atoms with van der Waals surface area (Å²) in [7, 11) is 0. The Hall–Kier alpha value is -5.65. The molecule has 6 aromatic carbocycles. The summed E-state index contributed by atoms with van der Waals surface area (Å²) in [5.74, 6) is 2.05. The fraction of sp³-hybridized carbons (Fsp3) is 0.0488. The summed E-state index contributed by atoms with van der Waals surface area (Å²) in [5, 5.41) is 8.63. The van der Waals surface area contributed by atoms with Crippen molar-refractivity contribution in [2.75, 3.05) is 0 Å². The molecule has 0 saturated heterocycles. The largest absolute Gasteiger partial charge is 0.278 e. The molecule has 10 rings (SSSR count). The monoisotopic (exact) mass is 606 g/mol. The second-order valence-corrected chi connectivity index (χ2v) is 13.1. The van der Waals surface area contributed by atoms with Gasteiger partial charge in [0, 0.05) is 25.9 Å². The second-order valence-electron chi connectivity index (χ2n) is 12.0. The number of hydrogen-bond donors (Lipinski definition) is 0. The molecule has 0 N–H and O–H groups in total. The lowest BCUT2D eigenvalue weighted by Gasteiger charge is -2.15. The molecule has 0 fully saturated rings. The molecule has 46 heavy (non-hydrogen) atoms. The second kappa shape index (κ2) is 9.93. The topological polar surface area (TPSA) is 43.6 Å². The summed E-state index contributed by atoms with van der Waals surface area (Å²) in [4.78, 5) is 17.1. The van der Waals surface area contributed by atoms with Crippen LogP contribution < -0.4 is 0 Å². The Morgan fingerprint density at radius 2 is 1.13 bits per heavy atom. The Balaban J connectivity index is 1.29. The van der Waals surface area contributed by atoms with E-state index in [1.54, 1.807) is 0 Å². The van der Waals surface area contributed by atoms with Crippen molar-refractivity contribution < 1.29 is 0 Å². The third kappa shape index (κ3) is 3.82. The molecule has 0 radical (unpaired) electrons. The predicted molar refractivity (Wildman–Crippen MR) is 193 cm³/mol. The first-order chi connectivity index (χ1) is 22.8. The van der Waals surface area contributed by atoms with Gasteiger partial charge in [-0.2, -0.15) is 9.97 Å². The quantitative estimate of drug-likeness (QED) is 0.201. The van der Waals surface area contributed by atoms with Crippen LogP contribution in [0.5, 0.6) is 0 Å². The number of aryl methyl sites for hydroxylation is 1. The third-order valence-electron chi connectivity index (χ3n) is 9.34. The molecule has 1 aliphatic carbocycles. The summed E-state index contributed by atoms with van der Waals surface area (Å²) in [5.41, 5.74) is 5.60. The average molecular weight is 607 g/mol. The van der Waals surface area contributed by atoms with Crippen LogP contribution in [0.4, 0.5) is 0 Å². The van der Waals surface area contributed by atoms with Gasteiger partial charge in [0.25, 0.3) is 0 Å². The maximum atomic E-state index is 5.30. The molecule has 0 amide bonds. The highest BCUT2D eigenvalue weighted by molar-refractivity contribution is 7.19. The van der Waals surface area contributed by atoms with Crippen molar-refractivity contribution >= 4 is 76.4 Å². The number of hydrogen-bond acceptors (Lipinski definition) is 4. The van der Waals surface area contributed by atoms with Gasteiger partial charge in [0.05, 0.1) is 11.0 Å². The highest BCUT2D eigenvalue weighted by atomic mass is 32.1. The molecule has 0 aliphatic heterocycles. The normalized spacial score (nSPS) is 13.2. The van der Waals surface area contributed by atoms with Gasteiger partial charge in [0.2, 0.25) is 5.95 Å². The van der Waals surface area contributed by atoms with Crippen LogP contribution in [0.2, 0.25) is 0 Å². The highest BCUT2D eigenvalue weighted by Gasteiger charge is 2.23. The first kappa shape index (κ1) is 25.7. The van der Waals surface area contributed by atoms with E-state index in [9.17, 15) is 0 Å². The number of rotatable bonds is 3. The zero-order valence-corrected chi connectivity index (χ0v) is 25.6. The lowest BCUT2D eigenvalue weighted by Crippen LogP contribution is -2.09. The van der Waals surface area contributed by atoms with Gasteiger partial charge in [0.1, 0.15) is 0 Å². The number of benzene rings is 6. The fourth-order valence-corrected chi connectivity index (χ4v) is 8.40. The molecule has 0 atom stereocenters. The fourth-order valence-electron chi connectivity index (χ4n) is 7.22. The van der Waals surface area contributed by atoms with Crippen molar-refractivity contribution in [2.24, 2.45) is 0 Å². The average Bonchev–Trinajstić information content (AvgIpc) is 3.68. The lowest BCUT2D eigenvalue weighted by molar-refractivity contribution is 0.912. The van der Waals surface area contributed by atoms with Crippen molar-refractivity contribution in [3.8, 4) is 17.3 Å². The van der Waals surface area contributed by atoms with Crippen LogP contribution in [-0.4, -0.2) is 19.5 Å². The molecule has 9 aromatic rings. The molecule has 0 spiro atoms. The van der Waals surface area contributed by atoms with Crippen LogP contribution in [-0.2, 0) is 6.42 Å². The predicted octanol–water partition coefficient (Wildman–Crippen LogP) is 10.6. The van der Waals surface area contributed by atoms with E-state index in [-0.39, 0.29) is 0 Å². The number of allylic oxidation sites excluding steroid dienone is 1. The lowest BCUT2D eigenvalue weighted by atomic mass is 9.96. The van der Waals surface area contributed by atoms with Gasteiger partial charge in [0.15, 0.2) is 11.6 Å². The van der Waals surface area contributed by atoms with Crippen LogP contribution in [0, 0.1) is 0 Å². The zero-order valence-electron chi connectivity index (χ0n) is 24.8. The summed E-state index contributed by atoms with van der Waals surface area (Å²) in [6.07, 6.45) is 4.19. The summed E-state index contributed by atoms with van der Waals surface area (Å²) in [6.45, 7) is 0. The molecular weight excluding hydrogens is 581 g/mol. The minimum atomic E-state index is 0.635.